The first-order valence-corrected chi connectivity index (χ1v) is 20.0. The third-order valence-corrected chi connectivity index (χ3v) is 10.6. The highest BCUT2D eigenvalue weighted by Crippen LogP contribution is 2.49. The summed E-state index contributed by atoms with van der Waals surface area (Å²) in [6.45, 7) is 1.45. The van der Waals surface area contributed by atoms with E-state index in [1.807, 2.05) is 176 Å². The fourth-order valence-corrected chi connectivity index (χ4v) is 7.39. The molecule has 7 aromatic rings. The van der Waals surface area contributed by atoms with Gasteiger partial charge < -0.3 is 28.0 Å². The van der Waals surface area contributed by atoms with E-state index >= 15 is 0 Å². The Kier molecular flexibility index (Phi) is 13.3. The minimum absolute atomic E-state index is 0.0257. The number of hydrogen-bond acceptors (Lipinski definition) is 7. The zero-order valence-corrected chi connectivity index (χ0v) is 31.8. The molecule has 0 aromatic heterocycles. The van der Waals surface area contributed by atoms with Crippen LogP contribution in [0.15, 0.2) is 188 Å². The van der Waals surface area contributed by atoms with Crippen LogP contribution < -0.4 is 24.3 Å². The Morgan fingerprint density at radius 2 is 0.571 bits per heavy atom. The maximum atomic E-state index is 14.8. The summed E-state index contributed by atoms with van der Waals surface area (Å²) in [5, 5.41) is 0.439. The van der Waals surface area contributed by atoms with Gasteiger partial charge in [0.1, 0.15) is 49.4 Å². The Bertz CT molecular complexity index is 2020. The molecule has 0 radical (unpaired) electrons. The van der Waals surface area contributed by atoms with Gasteiger partial charge in [-0.1, -0.05) is 140 Å². The van der Waals surface area contributed by atoms with Crippen LogP contribution in [-0.2, 0) is 53.3 Å². The van der Waals surface area contributed by atoms with E-state index in [0.29, 0.717) is 65.9 Å². The quantitative estimate of drug-likeness (QED) is 0.0760. The number of benzene rings is 7. The van der Waals surface area contributed by atoms with Crippen molar-refractivity contribution < 1.29 is 32.6 Å². The maximum absolute atomic E-state index is 14.8. The Morgan fingerprint density at radius 3 is 0.857 bits per heavy atom. The summed E-state index contributed by atoms with van der Waals surface area (Å²) in [4.78, 5) is 0. The summed E-state index contributed by atoms with van der Waals surface area (Å²) >= 11 is 0. The van der Waals surface area contributed by atoms with Crippen LogP contribution in [-0.4, -0.2) is 0 Å². The first-order valence-electron chi connectivity index (χ1n) is 18.5. The molecule has 0 atom stereocenters. The Balaban J connectivity index is 1.10. The molecule has 7 rings (SSSR count). The van der Waals surface area contributed by atoms with E-state index in [9.17, 15) is 4.57 Å². The molecule has 282 valence electrons. The highest BCUT2D eigenvalue weighted by molar-refractivity contribution is 7.62. The van der Waals surface area contributed by atoms with E-state index in [1.165, 1.54) is 0 Å². The number of rotatable bonds is 19. The van der Waals surface area contributed by atoms with Crippen LogP contribution in [0.1, 0.15) is 33.4 Å². The van der Waals surface area contributed by atoms with Crippen molar-refractivity contribution in [2.75, 3.05) is 0 Å². The summed E-state index contributed by atoms with van der Waals surface area (Å²) in [5.74, 6) is 2.40. The largest absolute Gasteiger partial charge is 0.489 e. The van der Waals surface area contributed by atoms with E-state index in [1.54, 1.807) is 12.1 Å². The topological polar surface area (TPSA) is 72.5 Å². The molecule has 0 amide bonds. The van der Waals surface area contributed by atoms with Crippen LogP contribution in [0.4, 0.5) is 0 Å². The molecule has 7 aromatic carbocycles. The lowest BCUT2D eigenvalue weighted by atomic mass is 10.2. The molecule has 0 spiro atoms. The molecule has 0 fully saturated rings. The van der Waals surface area contributed by atoms with Crippen molar-refractivity contribution in [1.82, 2.24) is 0 Å². The van der Waals surface area contributed by atoms with E-state index in [0.717, 1.165) is 22.3 Å². The lowest BCUT2D eigenvalue weighted by Crippen LogP contribution is -2.11. The van der Waals surface area contributed by atoms with Gasteiger partial charge >= 0.3 is 7.60 Å². The average Bonchev–Trinajstić information content (AvgIpc) is 3.26. The van der Waals surface area contributed by atoms with E-state index in [-0.39, 0.29) is 13.2 Å². The fourth-order valence-electron chi connectivity index (χ4n) is 5.84. The highest BCUT2D eigenvalue weighted by Gasteiger charge is 2.28. The molecule has 0 saturated carbocycles. The van der Waals surface area contributed by atoms with Gasteiger partial charge in [0.15, 0.2) is 0 Å². The molecule has 0 aliphatic rings. The van der Waals surface area contributed by atoms with Crippen molar-refractivity contribution in [3.8, 4) is 23.0 Å². The number of ether oxygens (including phenoxy) is 4. The molecule has 0 unspecified atom stereocenters. The minimum atomic E-state index is -3.88. The Hall–Kier alpha value is -6.11. The summed E-state index contributed by atoms with van der Waals surface area (Å²) in [6.07, 6.45) is 0. The average molecular weight is 763 g/mol. The monoisotopic (exact) mass is 762 g/mol. The van der Waals surface area contributed by atoms with Crippen LogP contribution in [0.25, 0.3) is 0 Å². The Morgan fingerprint density at radius 1 is 0.304 bits per heavy atom. The van der Waals surface area contributed by atoms with Gasteiger partial charge in [-0.2, -0.15) is 0 Å². The van der Waals surface area contributed by atoms with Crippen LogP contribution >= 0.6 is 7.60 Å². The molecule has 8 heteroatoms. The second-order valence-corrected chi connectivity index (χ2v) is 15.1. The van der Waals surface area contributed by atoms with Crippen molar-refractivity contribution in [2.24, 2.45) is 0 Å². The molecule has 0 bridgehead atoms. The predicted molar refractivity (Wildman–Crippen MR) is 219 cm³/mol. The van der Waals surface area contributed by atoms with Crippen LogP contribution in [0, 0.1) is 0 Å². The normalized spacial score (nSPS) is 11.1. The van der Waals surface area contributed by atoms with Crippen molar-refractivity contribution in [2.45, 2.75) is 39.6 Å². The smallest absolute Gasteiger partial charge is 0.361 e. The lowest BCUT2D eigenvalue weighted by molar-refractivity contribution is 0.198. The summed E-state index contributed by atoms with van der Waals surface area (Å²) < 4.78 is 52.2. The van der Waals surface area contributed by atoms with Gasteiger partial charge in [0.2, 0.25) is 0 Å². The molecular formula is C48H43O7P. The molecule has 0 N–H and O–H groups in total. The van der Waals surface area contributed by atoms with Gasteiger partial charge in [0.25, 0.3) is 0 Å². The second kappa shape index (κ2) is 19.5. The first-order chi connectivity index (χ1) is 27.6. The molecular weight excluding hydrogens is 719 g/mol. The van der Waals surface area contributed by atoms with Crippen molar-refractivity contribution in [3.05, 3.63) is 221 Å². The van der Waals surface area contributed by atoms with E-state index in [4.69, 9.17) is 28.0 Å². The second-order valence-electron chi connectivity index (χ2n) is 13.1. The molecule has 56 heavy (non-hydrogen) atoms. The van der Waals surface area contributed by atoms with E-state index in [2.05, 4.69) is 0 Å². The molecule has 0 aliphatic carbocycles. The van der Waals surface area contributed by atoms with Crippen LogP contribution in [0.5, 0.6) is 23.0 Å². The summed E-state index contributed by atoms with van der Waals surface area (Å²) in [7, 11) is -3.88. The van der Waals surface area contributed by atoms with Gasteiger partial charge in [0, 0.05) is 12.1 Å². The van der Waals surface area contributed by atoms with Gasteiger partial charge in [-0.3, -0.25) is 4.57 Å². The molecule has 0 heterocycles. The van der Waals surface area contributed by atoms with E-state index < -0.39 is 7.60 Å². The lowest BCUT2D eigenvalue weighted by Gasteiger charge is -2.20. The minimum Gasteiger partial charge on any atom is -0.489 e. The molecule has 7 nitrogen and oxygen atoms in total. The van der Waals surface area contributed by atoms with Crippen molar-refractivity contribution in [3.63, 3.8) is 0 Å². The van der Waals surface area contributed by atoms with Crippen LogP contribution in [0.3, 0.4) is 0 Å². The Labute approximate surface area is 328 Å². The summed E-state index contributed by atoms with van der Waals surface area (Å²) in [5.41, 5.74) is 5.56. The van der Waals surface area contributed by atoms with Crippen molar-refractivity contribution >= 4 is 12.9 Å². The SMILES string of the molecule is O=P(OCc1cc(OCc2ccccc2)cc(OCc2ccccc2)c1)(OCc1cc(OCc2ccccc2)cc(OCc2ccccc2)c1)c1ccccc1. The fraction of sp³-hybridized carbons (Fsp3) is 0.125. The maximum Gasteiger partial charge on any atom is 0.361 e. The third kappa shape index (κ3) is 11.5. The third-order valence-electron chi connectivity index (χ3n) is 8.75. The molecule has 0 saturated heterocycles. The van der Waals surface area contributed by atoms with Gasteiger partial charge in [-0.15, -0.1) is 0 Å². The molecule has 0 aliphatic heterocycles. The number of hydrogen-bond donors (Lipinski definition) is 0. The van der Waals surface area contributed by atoms with Gasteiger partial charge in [-0.25, -0.2) is 0 Å². The zero-order valence-electron chi connectivity index (χ0n) is 30.9. The highest BCUT2D eigenvalue weighted by atomic mass is 31.2. The summed E-state index contributed by atoms with van der Waals surface area (Å²) in [6, 6.07) is 60.0. The van der Waals surface area contributed by atoms with Gasteiger partial charge in [0.05, 0.1) is 18.5 Å². The van der Waals surface area contributed by atoms with Crippen molar-refractivity contribution in [1.29, 1.82) is 0 Å². The standard InChI is InChI=1S/C48H43O7P/c49-56(48-24-14-5-15-25-48,54-36-42-26-44(50-32-38-16-6-1-7-17-38)30-45(27-42)51-33-39-18-8-2-9-19-39)55-37-43-28-46(52-34-40-20-10-3-11-21-40)31-47(29-43)53-35-41-22-12-4-13-23-41/h1-31H,32-37H2. The first kappa shape index (κ1) is 38.2. The van der Waals surface area contributed by atoms with Crippen LogP contribution in [0.2, 0.25) is 0 Å². The zero-order chi connectivity index (χ0) is 38.3. The predicted octanol–water partition coefficient (Wildman–Crippen LogP) is 11.3. The van der Waals surface area contributed by atoms with Gasteiger partial charge in [-0.05, 0) is 69.8 Å².